The number of carbonyl (C=O) groups is 2. The molecule has 1 heterocycles. The molecule has 1 aromatic rings. The van der Waals surface area contributed by atoms with Gasteiger partial charge in [-0.25, -0.2) is 4.79 Å². The average Bonchev–Trinajstić information content (AvgIpc) is 2.53. The molecule has 2 rings (SSSR count). The summed E-state index contributed by atoms with van der Waals surface area (Å²) in [5, 5.41) is 12.6. The smallest absolute Gasteiger partial charge is 0.317 e. The first-order valence-electron chi connectivity index (χ1n) is 7.81. The van der Waals surface area contributed by atoms with Crippen LogP contribution in [-0.4, -0.2) is 41.6 Å². The summed E-state index contributed by atoms with van der Waals surface area (Å²) in [4.78, 5) is 24.9. The number of halogens is 1. The Bertz CT molecular complexity index is 581. The van der Waals surface area contributed by atoms with Gasteiger partial charge in [0.15, 0.2) is 0 Å². The molecule has 0 saturated carbocycles. The zero-order valence-corrected chi connectivity index (χ0v) is 14.3. The van der Waals surface area contributed by atoms with Gasteiger partial charge in [-0.15, -0.1) is 0 Å². The van der Waals surface area contributed by atoms with Crippen LogP contribution in [0.4, 0.5) is 4.79 Å². The second kappa shape index (κ2) is 7.21. The van der Waals surface area contributed by atoms with Crippen LogP contribution in [0, 0.1) is 5.92 Å². The molecule has 0 aliphatic carbocycles. The molecule has 23 heavy (non-hydrogen) atoms. The van der Waals surface area contributed by atoms with Crippen molar-refractivity contribution in [3.05, 3.63) is 34.9 Å². The number of aliphatic carboxylic acids is 1. The maximum atomic E-state index is 12.3. The Morgan fingerprint density at radius 1 is 1.35 bits per heavy atom. The number of amides is 2. The quantitative estimate of drug-likeness (QED) is 0.886. The molecule has 0 spiro atoms. The van der Waals surface area contributed by atoms with Crippen molar-refractivity contribution in [1.29, 1.82) is 0 Å². The first kappa shape index (κ1) is 17.6. The molecule has 2 amide bonds. The number of urea groups is 1. The number of nitrogens with one attached hydrogen (secondary N) is 1. The van der Waals surface area contributed by atoms with Crippen molar-refractivity contribution in [3.63, 3.8) is 0 Å². The average molecular weight is 339 g/mol. The molecule has 0 radical (unpaired) electrons. The normalized spacial score (nSPS) is 16.2. The Morgan fingerprint density at radius 3 is 2.57 bits per heavy atom. The second-order valence-electron chi connectivity index (χ2n) is 6.65. The van der Waals surface area contributed by atoms with Crippen molar-refractivity contribution in [3.8, 4) is 0 Å². The molecule has 5 nitrogen and oxygen atoms in total. The van der Waals surface area contributed by atoms with Crippen molar-refractivity contribution in [2.24, 2.45) is 5.92 Å². The zero-order valence-electron chi connectivity index (χ0n) is 13.5. The lowest BCUT2D eigenvalue weighted by molar-refractivity contribution is -0.143. The van der Waals surface area contributed by atoms with Gasteiger partial charge in [0.1, 0.15) is 0 Å². The summed E-state index contributed by atoms with van der Waals surface area (Å²) in [7, 11) is 0. The standard InChI is InChI=1S/C17H23ClN2O3/c1-17(2,13-4-3-5-14(18)10-13)11-19-16(23)20-8-6-12(7-9-20)15(21)22/h3-5,10,12H,6-9,11H2,1-2H3,(H,19,23)(H,21,22). The van der Waals surface area contributed by atoms with Gasteiger partial charge < -0.3 is 15.3 Å². The van der Waals surface area contributed by atoms with Gasteiger partial charge in [0.05, 0.1) is 5.92 Å². The molecule has 1 aromatic carbocycles. The lowest BCUT2D eigenvalue weighted by atomic mass is 9.84. The predicted octanol–water partition coefficient (Wildman–Crippen LogP) is 3.12. The number of piperidine rings is 1. The Balaban J connectivity index is 1.88. The van der Waals surface area contributed by atoms with E-state index in [0.29, 0.717) is 37.5 Å². The number of carboxylic acids is 1. The van der Waals surface area contributed by atoms with Crippen molar-refractivity contribution in [1.82, 2.24) is 10.2 Å². The third-order valence-corrected chi connectivity index (χ3v) is 4.65. The van der Waals surface area contributed by atoms with Gasteiger partial charge >= 0.3 is 12.0 Å². The molecule has 1 saturated heterocycles. The minimum absolute atomic E-state index is 0.135. The Kier molecular flexibility index (Phi) is 5.52. The van der Waals surface area contributed by atoms with E-state index in [2.05, 4.69) is 19.2 Å². The lowest BCUT2D eigenvalue weighted by Crippen LogP contribution is -2.48. The number of hydrogen-bond acceptors (Lipinski definition) is 2. The number of nitrogens with zero attached hydrogens (tertiary/aromatic N) is 1. The molecule has 1 aliphatic heterocycles. The van der Waals surface area contributed by atoms with Crippen LogP contribution in [0.15, 0.2) is 24.3 Å². The molecule has 0 unspecified atom stereocenters. The van der Waals surface area contributed by atoms with Gasteiger partial charge in [0.25, 0.3) is 0 Å². The third-order valence-electron chi connectivity index (χ3n) is 4.42. The molecular weight excluding hydrogens is 316 g/mol. The highest BCUT2D eigenvalue weighted by Gasteiger charge is 2.28. The van der Waals surface area contributed by atoms with Crippen molar-refractivity contribution in [2.45, 2.75) is 32.1 Å². The zero-order chi connectivity index (χ0) is 17.0. The minimum Gasteiger partial charge on any atom is -0.481 e. The first-order valence-corrected chi connectivity index (χ1v) is 8.19. The molecule has 126 valence electrons. The van der Waals surface area contributed by atoms with Crippen LogP contribution in [0.2, 0.25) is 5.02 Å². The van der Waals surface area contributed by atoms with Gasteiger partial charge in [-0.2, -0.15) is 0 Å². The highest BCUT2D eigenvalue weighted by Crippen LogP contribution is 2.25. The molecule has 0 aromatic heterocycles. The number of carboxylic acid groups (broad SMARTS) is 1. The summed E-state index contributed by atoms with van der Waals surface area (Å²) in [5.74, 6) is -1.10. The Hall–Kier alpha value is -1.75. The molecule has 1 fully saturated rings. The number of carbonyl (C=O) groups excluding carboxylic acids is 1. The monoisotopic (exact) mass is 338 g/mol. The van der Waals surface area contributed by atoms with Crippen LogP contribution in [-0.2, 0) is 10.2 Å². The van der Waals surface area contributed by atoms with Crippen LogP contribution < -0.4 is 5.32 Å². The number of hydrogen-bond donors (Lipinski definition) is 2. The molecule has 1 aliphatic rings. The highest BCUT2D eigenvalue weighted by molar-refractivity contribution is 6.30. The van der Waals surface area contributed by atoms with Crippen LogP contribution in [0.3, 0.4) is 0 Å². The van der Waals surface area contributed by atoms with Crippen LogP contribution in [0.5, 0.6) is 0 Å². The summed E-state index contributed by atoms with van der Waals surface area (Å²) < 4.78 is 0. The summed E-state index contributed by atoms with van der Waals surface area (Å²) in [6.07, 6.45) is 1.03. The van der Waals surface area contributed by atoms with Crippen molar-refractivity contribution < 1.29 is 14.7 Å². The van der Waals surface area contributed by atoms with Gasteiger partial charge in [-0.05, 0) is 30.5 Å². The lowest BCUT2D eigenvalue weighted by Gasteiger charge is -2.32. The van der Waals surface area contributed by atoms with Crippen molar-refractivity contribution >= 4 is 23.6 Å². The third kappa shape index (κ3) is 4.61. The predicted molar refractivity (Wildman–Crippen MR) is 89.8 cm³/mol. The van der Waals surface area contributed by atoms with Gasteiger partial charge in [0, 0.05) is 30.1 Å². The largest absolute Gasteiger partial charge is 0.481 e. The number of likely N-dealkylation sites (tertiary alicyclic amines) is 1. The van der Waals surface area contributed by atoms with E-state index in [1.807, 2.05) is 24.3 Å². The summed E-state index contributed by atoms with van der Waals surface area (Å²) in [6.45, 7) is 5.57. The van der Waals surface area contributed by atoms with Gasteiger partial charge in [-0.1, -0.05) is 37.6 Å². The maximum absolute atomic E-state index is 12.3. The minimum atomic E-state index is -0.771. The first-order chi connectivity index (χ1) is 10.8. The second-order valence-corrected chi connectivity index (χ2v) is 7.09. The highest BCUT2D eigenvalue weighted by atomic mass is 35.5. The number of rotatable bonds is 4. The van der Waals surface area contributed by atoms with Crippen LogP contribution in [0.1, 0.15) is 32.3 Å². The summed E-state index contributed by atoms with van der Waals surface area (Å²) in [6, 6.07) is 7.50. The summed E-state index contributed by atoms with van der Waals surface area (Å²) >= 11 is 6.03. The van der Waals surface area contributed by atoms with Gasteiger partial charge in [0.2, 0.25) is 0 Å². The van der Waals surface area contributed by atoms with Gasteiger partial charge in [-0.3, -0.25) is 4.79 Å². The fourth-order valence-electron chi connectivity index (χ4n) is 2.75. The Labute approximate surface area is 141 Å². The van der Waals surface area contributed by atoms with E-state index in [9.17, 15) is 9.59 Å². The van der Waals surface area contributed by atoms with Crippen LogP contribution >= 0.6 is 11.6 Å². The van der Waals surface area contributed by atoms with E-state index in [1.54, 1.807) is 4.90 Å². The van der Waals surface area contributed by atoms with E-state index in [4.69, 9.17) is 16.7 Å². The van der Waals surface area contributed by atoms with E-state index in [-0.39, 0.29) is 17.4 Å². The fraction of sp³-hybridized carbons (Fsp3) is 0.529. The van der Waals surface area contributed by atoms with E-state index in [1.165, 1.54) is 0 Å². The SMILES string of the molecule is CC(C)(CNC(=O)N1CCC(C(=O)O)CC1)c1cccc(Cl)c1. The molecule has 2 N–H and O–H groups in total. The topological polar surface area (TPSA) is 69.6 Å². The van der Waals surface area contributed by atoms with Crippen LogP contribution in [0.25, 0.3) is 0 Å². The van der Waals surface area contributed by atoms with Crippen molar-refractivity contribution in [2.75, 3.05) is 19.6 Å². The van der Waals surface area contributed by atoms with E-state index < -0.39 is 5.97 Å². The molecule has 0 atom stereocenters. The summed E-state index contributed by atoms with van der Waals surface area (Å²) in [5.41, 5.74) is 0.829. The number of benzene rings is 1. The molecule has 0 bridgehead atoms. The molecule has 6 heteroatoms. The maximum Gasteiger partial charge on any atom is 0.317 e. The van der Waals surface area contributed by atoms with E-state index in [0.717, 1.165) is 5.56 Å². The Morgan fingerprint density at radius 2 is 2.00 bits per heavy atom. The fourth-order valence-corrected chi connectivity index (χ4v) is 2.94. The van der Waals surface area contributed by atoms with E-state index >= 15 is 0 Å². The molecular formula is C17H23ClN2O3.